The Hall–Kier alpha value is -2.00. The molecule has 0 spiro atoms. The van der Waals surface area contributed by atoms with E-state index in [0.29, 0.717) is 0 Å². The van der Waals surface area contributed by atoms with Gasteiger partial charge >= 0.3 is 12.1 Å². The molecule has 0 aliphatic heterocycles. The van der Waals surface area contributed by atoms with Crippen molar-refractivity contribution >= 4 is 25.9 Å². The maximum Gasteiger partial charge on any atom is 0.412 e. The molecule has 0 aromatic heterocycles. The van der Waals surface area contributed by atoms with Crippen molar-refractivity contribution in [1.82, 2.24) is 0 Å². The average Bonchev–Trinajstić information content (AvgIpc) is 2.80. The fraction of sp³-hybridized carbons (Fsp3) is 0.710. The summed E-state index contributed by atoms with van der Waals surface area (Å²) in [6.45, 7) is 28.1. The number of halogens is 3. The van der Waals surface area contributed by atoms with Gasteiger partial charge in [-0.15, -0.1) is 13.2 Å². The summed E-state index contributed by atoms with van der Waals surface area (Å²) in [4.78, 5) is 38.7. The van der Waals surface area contributed by atoms with Gasteiger partial charge in [-0.3, -0.25) is 14.4 Å². The lowest BCUT2D eigenvalue weighted by Crippen LogP contribution is -2.50. The van der Waals surface area contributed by atoms with Crippen LogP contribution in [0.25, 0.3) is 0 Å². The van der Waals surface area contributed by atoms with Gasteiger partial charge in [-0.2, -0.15) is 13.2 Å². The van der Waals surface area contributed by atoms with E-state index >= 15 is 0 Å². The summed E-state index contributed by atoms with van der Waals surface area (Å²) in [6, 6.07) is 0. The molecule has 9 heteroatoms. The smallest absolute Gasteiger partial charge is 0.412 e. The predicted molar refractivity (Wildman–Crippen MR) is 157 cm³/mol. The molecule has 0 saturated heterocycles. The molecule has 0 rings (SSSR count). The van der Waals surface area contributed by atoms with Crippen molar-refractivity contribution in [2.75, 3.05) is 0 Å². The predicted octanol–water partition coefficient (Wildman–Crippen LogP) is 8.41. The van der Waals surface area contributed by atoms with E-state index in [9.17, 15) is 27.6 Å². The Morgan fingerprint density at radius 3 is 1.90 bits per heavy atom. The largest absolute Gasteiger partial charge is 0.454 e. The lowest BCUT2D eigenvalue weighted by molar-refractivity contribution is -0.156. The first kappa shape index (κ1) is 38.0. The third-order valence-electron chi connectivity index (χ3n) is 8.41. The van der Waals surface area contributed by atoms with Crippen molar-refractivity contribution in [3.63, 3.8) is 0 Å². The molecule has 0 fully saturated rings. The Morgan fingerprint density at radius 2 is 1.50 bits per heavy atom. The van der Waals surface area contributed by atoms with E-state index in [0.717, 1.165) is 19.1 Å². The zero-order chi connectivity index (χ0) is 31.9. The van der Waals surface area contributed by atoms with Gasteiger partial charge in [0.2, 0.25) is 0 Å². The molecule has 5 nitrogen and oxygen atoms in total. The standard InChI is InChI=1S/C31H51F3O5Si/c1-14-16-24(31(32,33)34)17-18-25(23(6)35)38-26(36)19-21(4)30(10,11)28(37)22(5)27(20(3)15-2)39-40(12,13)29(7,8)9/h14-15,17,20-22,25,27H,1-2,16,18-19H2,3-13H3/b24-17-. The lowest BCUT2D eigenvalue weighted by Gasteiger charge is -2.43. The number of Topliss-reactive ketones (excluding diaryl/α,β-unsaturated/α-hetero) is 2. The zero-order valence-corrected chi connectivity index (χ0v) is 27.3. The molecular formula is C31H51F3O5Si. The Labute approximate surface area is 240 Å². The van der Waals surface area contributed by atoms with Gasteiger partial charge in [-0.1, -0.05) is 73.6 Å². The number of carbonyl (C=O) groups excluding carboxylic acids is 3. The average molecular weight is 589 g/mol. The van der Waals surface area contributed by atoms with E-state index in [2.05, 4.69) is 47.0 Å². The molecule has 5 atom stereocenters. The normalized spacial score (nSPS) is 17.3. The second-order valence-corrected chi connectivity index (χ2v) is 17.7. The van der Waals surface area contributed by atoms with E-state index in [1.54, 1.807) is 26.8 Å². The van der Waals surface area contributed by atoms with Crippen LogP contribution in [0.15, 0.2) is 37.0 Å². The monoisotopic (exact) mass is 588 g/mol. The van der Waals surface area contributed by atoms with Crippen molar-refractivity contribution in [2.45, 2.75) is 118 Å². The van der Waals surface area contributed by atoms with Crippen molar-refractivity contribution in [1.29, 1.82) is 0 Å². The summed E-state index contributed by atoms with van der Waals surface area (Å²) >= 11 is 0. The molecule has 0 radical (unpaired) electrons. The number of hydrogen-bond acceptors (Lipinski definition) is 5. The van der Waals surface area contributed by atoms with Gasteiger partial charge in [0.05, 0.1) is 6.10 Å². The molecule has 0 aliphatic carbocycles. The number of alkyl halides is 3. The van der Waals surface area contributed by atoms with Gasteiger partial charge in [0.1, 0.15) is 5.78 Å². The van der Waals surface area contributed by atoms with Crippen LogP contribution < -0.4 is 0 Å². The Kier molecular flexibility index (Phi) is 14.0. The molecule has 0 saturated carbocycles. The molecule has 0 aromatic rings. The summed E-state index contributed by atoms with van der Waals surface area (Å²) in [7, 11) is -2.22. The second-order valence-electron chi connectivity index (χ2n) is 13.0. The number of hydrogen-bond donors (Lipinski definition) is 0. The minimum atomic E-state index is -4.58. The Bertz CT molecular complexity index is 944. The van der Waals surface area contributed by atoms with Crippen LogP contribution in [0.4, 0.5) is 13.2 Å². The number of carbonyl (C=O) groups is 3. The summed E-state index contributed by atoms with van der Waals surface area (Å²) in [5.41, 5.74) is -1.81. The number of allylic oxidation sites excluding steroid dienone is 2. The highest BCUT2D eigenvalue weighted by Crippen LogP contribution is 2.41. The van der Waals surface area contributed by atoms with Crippen LogP contribution in [0.5, 0.6) is 0 Å². The highest BCUT2D eigenvalue weighted by Gasteiger charge is 2.45. The summed E-state index contributed by atoms with van der Waals surface area (Å²) in [5.74, 6) is -2.44. The van der Waals surface area contributed by atoms with Crippen molar-refractivity contribution in [3.05, 3.63) is 37.0 Å². The quantitative estimate of drug-likeness (QED) is 0.103. The maximum absolute atomic E-state index is 13.8. The van der Waals surface area contributed by atoms with Gasteiger partial charge in [-0.05, 0) is 43.3 Å². The van der Waals surface area contributed by atoms with Crippen molar-refractivity contribution < 1.29 is 36.7 Å². The van der Waals surface area contributed by atoms with Gasteiger partial charge in [0.25, 0.3) is 0 Å². The summed E-state index contributed by atoms with van der Waals surface area (Å²) in [6.07, 6.45) is -3.55. The van der Waals surface area contributed by atoms with E-state index in [1.807, 2.05) is 13.8 Å². The Morgan fingerprint density at radius 1 is 0.975 bits per heavy atom. The molecule has 0 amide bonds. The van der Waals surface area contributed by atoms with Crippen LogP contribution in [0, 0.1) is 23.2 Å². The minimum Gasteiger partial charge on any atom is -0.454 e. The highest BCUT2D eigenvalue weighted by molar-refractivity contribution is 6.74. The summed E-state index contributed by atoms with van der Waals surface area (Å²) in [5, 5.41) is -0.0591. The number of ketones is 2. The first-order chi connectivity index (χ1) is 17.9. The second kappa shape index (κ2) is 14.8. The lowest BCUT2D eigenvalue weighted by atomic mass is 9.69. The SMILES string of the molecule is C=CC/C(=C/CC(OC(=O)CC(C)C(C)(C)C(=O)C(C)C(O[Si](C)(C)C(C)(C)C)C(C)C=C)C(C)=O)C(F)(F)F. The van der Waals surface area contributed by atoms with Crippen LogP contribution in [-0.4, -0.2) is 44.2 Å². The molecule has 0 aromatic carbocycles. The molecular weight excluding hydrogens is 537 g/mol. The summed E-state index contributed by atoms with van der Waals surface area (Å²) < 4.78 is 51.6. The van der Waals surface area contributed by atoms with Gasteiger partial charge in [0, 0.05) is 29.7 Å². The molecule has 0 bridgehead atoms. The molecule has 0 heterocycles. The van der Waals surface area contributed by atoms with Crippen LogP contribution in [0.3, 0.4) is 0 Å². The molecule has 0 N–H and O–H groups in total. The van der Waals surface area contributed by atoms with Crippen molar-refractivity contribution in [2.24, 2.45) is 23.2 Å². The molecule has 230 valence electrons. The van der Waals surface area contributed by atoms with E-state index in [1.165, 1.54) is 0 Å². The highest BCUT2D eigenvalue weighted by atomic mass is 28.4. The topological polar surface area (TPSA) is 69.7 Å². The number of esters is 1. The van der Waals surface area contributed by atoms with Crippen LogP contribution in [0.1, 0.15) is 81.6 Å². The van der Waals surface area contributed by atoms with Crippen LogP contribution >= 0.6 is 0 Å². The van der Waals surface area contributed by atoms with Crippen LogP contribution in [0.2, 0.25) is 18.1 Å². The molecule has 40 heavy (non-hydrogen) atoms. The third kappa shape index (κ3) is 10.8. The minimum absolute atomic E-state index is 0.0591. The first-order valence-corrected chi connectivity index (χ1v) is 16.8. The fourth-order valence-electron chi connectivity index (χ4n) is 4.02. The van der Waals surface area contributed by atoms with Crippen molar-refractivity contribution in [3.8, 4) is 0 Å². The number of rotatable bonds is 16. The van der Waals surface area contributed by atoms with Gasteiger partial charge in [0.15, 0.2) is 20.2 Å². The third-order valence-corrected chi connectivity index (χ3v) is 12.9. The first-order valence-electron chi connectivity index (χ1n) is 13.9. The zero-order valence-electron chi connectivity index (χ0n) is 26.3. The van der Waals surface area contributed by atoms with Gasteiger partial charge in [-0.25, -0.2) is 0 Å². The van der Waals surface area contributed by atoms with Gasteiger partial charge < -0.3 is 9.16 Å². The van der Waals surface area contributed by atoms with E-state index < -0.39 is 74.1 Å². The molecule has 5 unspecified atom stereocenters. The number of ether oxygens (including phenoxy) is 1. The van der Waals surface area contributed by atoms with E-state index in [-0.39, 0.29) is 23.2 Å². The molecule has 0 aliphatic rings. The van der Waals surface area contributed by atoms with Crippen LogP contribution in [-0.2, 0) is 23.5 Å². The maximum atomic E-state index is 13.8. The Balaban J connectivity index is 5.75. The van der Waals surface area contributed by atoms with E-state index in [4.69, 9.17) is 9.16 Å². The fourth-order valence-corrected chi connectivity index (χ4v) is 5.48.